The van der Waals surface area contributed by atoms with Gasteiger partial charge in [0.15, 0.2) is 4.67 Å². The second-order valence-corrected chi connectivity index (χ2v) is 4.97. The Kier molecular flexibility index (Phi) is 3.33. The summed E-state index contributed by atoms with van der Waals surface area (Å²) in [6.07, 6.45) is 3.62. The maximum atomic E-state index is 5.69. The van der Waals surface area contributed by atoms with Crippen molar-refractivity contribution < 1.29 is 4.42 Å². The molecule has 0 aliphatic heterocycles. The van der Waals surface area contributed by atoms with Gasteiger partial charge >= 0.3 is 0 Å². The number of benzene rings is 1. The van der Waals surface area contributed by atoms with Crippen molar-refractivity contribution in [1.82, 2.24) is 10.4 Å². The van der Waals surface area contributed by atoms with Crippen LogP contribution in [0.1, 0.15) is 17.4 Å². The molecular formula is C14H12BrN3O. The van der Waals surface area contributed by atoms with Gasteiger partial charge < -0.3 is 4.42 Å². The summed E-state index contributed by atoms with van der Waals surface area (Å²) in [5.74, 6) is 6.45. The lowest BCUT2D eigenvalue weighted by atomic mass is 9.99. The molecule has 1 unspecified atom stereocenters. The van der Waals surface area contributed by atoms with Crippen LogP contribution in [0.5, 0.6) is 0 Å². The number of furan rings is 1. The van der Waals surface area contributed by atoms with Gasteiger partial charge in [-0.05, 0) is 45.1 Å². The highest BCUT2D eigenvalue weighted by atomic mass is 79.9. The van der Waals surface area contributed by atoms with E-state index in [1.54, 1.807) is 6.20 Å². The Bertz CT molecular complexity index is 705. The molecule has 1 aromatic carbocycles. The van der Waals surface area contributed by atoms with Gasteiger partial charge in [-0.25, -0.2) is 5.43 Å². The molecule has 1 atom stereocenters. The van der Waals surface area contributed by atoms with Crippen LogP contribution in [-0.4, -0.2) is 4.98 Å². The van der Waals surface area contributed by atoms with Crippen molar-refractivity contribution in [1.29, 1.82) is 0 Å². The van der Waals surface area contributed by atoms with Gasteiger partial charge in [0.05, 0.1) is 0 Å². The summed E-state index contributed by atoms with van der Waals surface area (Å²) in [5, 5.41) is 2.18. The molecule has 0 saturated heterocycles. The third-order valence-electron chi connectivity index (χ3n) is 3.07. The molecule has 2 heterocycles. The topological polar surface area (TPSA) is 64.1 Å². The van der Waals surface area contributed by atoms with E-state index < -0.39 is 0 Å². The largest absolute Gasteiger partial charge is 0.452 e. The lowest BCUT2D eigenvalue weighted by Gasteiger charge is -2.16. The molecule has 3 aromatic rings. The van der Waals surface area contributed by atoms with Gasteiger partial charge in [-0.2, -0.15) is 0 Å². The van der Waals surface area contributed by atoms with Crippen LogP contribution in [0.3, 0.4) is 0 Å². The average molecular weight is 318 g/mol. The first-order valence-electron chi connectivity index (χ1n) is 5.83. The molecule has 0 radical (unpaired) electrons. The summed E-state index contributed by atoms with van der Waals surface area (Å²) < 4.78 is 6.28. The highest BCUT2D eigenvalue weighted by Crippen LogP contribution is 2.30. The number of aromatic nitrogens is 1. The van der Waals surface area contributed by atoms with Crippen molar-refractivity contribution in [2.45, 2.75) is 6.04 Å². The van der Waals surface area contributed by atoms with Gasteiger partial charge in [0.2, 0.25) is 0 Å². The van der Waals surface area contributed by atoms with Crippen molar-refractivity contribution in [2.24, 2.45) is 5.84 Å². The van der Waals surface area contributed by atoms with E-state index >= 15 is 0 Å². The number of nitrogens with two attached hydrogens (primary N) is 1. The molecule has 2 aromatic heterocycles. The predicted octanol–water partition coefficient (Wildman–Crippen LogP) is 3.14. The average Bonchev–Trinajstić information content (AvgIpc) is 2.86. The lowest BCUT2D eigenvalue weighted by Crippen LogP contribution is -2.28. The van der Waals surface area contributed by atoms with Crippen molar-refractivity contribution >= 4 is 26.7 Å². The zero-order valence-electron chi connectivity index (χ0n) is 10.0. The second kappa shape index (κ2) is 5.13. The first-order valence-corrected chi connectivity index (χ1v) is 6.63. The van der Waals surface area contributed by atoms with Crippen LogP contribution in [0.15, 0.2) is 57.9 Å². The summed E-state index contributed by atoms with van der Waals surface area (Å²) >= 11 is 3.30. The molecule has 5 heteroatoms. The monoisotopic (exact) mass is 317 g/mol. The quantitative estimate of drug-likeness (QED) is 0.575. The number of nitrogens with one attached hydrogen (secondary N) is 1. The van der Waals surface area contributed by atoms with Crippen LogP contribution in [0, 0.1) is 0 Å². The van der Waals surface area contributed by atoms with Crippen molar-refractivity contribution in [3.05, 3.63) is 64.8 Å². The number of nitrogens with zero attached hydrogens (tertiary/aromatic N) is 1. The van der Waals surface area contributed by atoms with Crippen LogP contribution < -0.4 is 11.3 Å². The molecule has 0 aliphatic carbocycles. The van der Waals surface area contributed by atoms with Gasteiger partial charge in [-0.15, -0.1) is 0 Å². The van der Waals surface area contributed by atoms with Crippen LogP contribution in [0.25, 0.3) is 10.8 Å². The Balaban J connectivity index is 2.16. The van der Waals surface area contributed by atoms with Gasteiger partial charge in [-0.1, -0.05) is 18.2 Å². The number of halogens is 1. The first-order chi connectivity index (χ1) is 9.29. The fraction of sp³-hybridized carbons (Fsp3) is 0.0714. The van der Waals surface area contributed by atoms with E-state index in [-0.39, 0.29) is 6.04 Å². The summed E-state index contributed by atoms with van der Waals surface area (Å²) in [4.78, 5) is 4.18. The van der Waals surface area contributed by atoms with E-state index in [1.807, 2.05) is 42.6 Å². The molecule has 0 saturated carbocycles. The number of pyridine rings is 1. The van der Waals surface area contributed by atoms with E-state index in [2.05, 4.69) is 26.3 Å². The van der Waals surface area contributed by atoms with E-state index in [4.69, 9.17) is 10.3 Å². The molecule has 0 spiro atoms. The molecule has 96 valence electrons. The Morgan fingerprint density at radius 3 is 2.84 bits per heavy atom. The van der Waals surface area contributed by atoms with Gasteiger partial charge in [0, 0.05) is 17.8 Å². The van der Waals surface area contributed by atoms with Gasteiger partial charge in [0.25, 0.3) is 0 Å². The van der Waals surface area contributed by atoms with Crippen LogP contribution >= 0.6 is 15.9 Å². The third kappa shape index (κ3) is 2.28. The third-order valence-corrected chi connectivity index (χ3v) is 3.50. The molecule has 3 N–H and O–H groups in total. The van der Waals surface area contributed by atoms with E-state index in [9.17, 15) is 0 Å². The molecule has 4 nitrogen and oxygen atoms in total. The fourth-order valence-electron chi connectivity index (χ4n) is 2.20. The zero-order chi connectivity index (χ0) is 13.2. The summed E-state index contributed by atoms with van der Waals surface area (Å²) in [6.45, 7) is 0. The summed E-state index contributed by atoms with van der Waals surface area (Å²) in [5.41, 5.74) is 3.83. The minimum absolute atomic E-state index is 0.209. The standard InChI is InChI=1S/C14H12BrN3O/c15-13-5-4-12(19-13)14(18-16)10-3-1-2-9-6-7-17-8-11(9)10/h1-8,14,18H,16H2. The Hall–Kier alpha value is -1.69. The highest BCUT2D eigenvalue weighted by Gasteiger charge is 2.18. The van der Waals surface area contributed by atoms with Crippen molar-refractivity contribution in [3.63, 3.8) is 0 Å². The molecular weight excluding hydrogens is 306 g/mol. The number of hydrogen-bond donors (Lipinski definition) is 2. The summed E-state index contributed by atoms with van der Waals surface area (Å²) in [7, 11) is 0. The molecule has 0 aliphatic rings. The summed E-state index contributed by atoms with van der Waals surface area (Å²) in [6, 6.07) is 11.6. The smallest absolute Gasteiger partial charge is 0.169 e. The number of rotatable bonds is 3. The maximum absolute atomic E-state index is 5.69. The minimum Gasteiger partial charge on any atom is -0.452 e. The lowest BCUT2D eigenvalue weighted by molar-refractivity contribution is 0.438. The Morgan fingerprint density at radius 1 is 1.21 bits per heavy atom. The second-order valence-electron chi connectivity index (χ2n) is 4.19. The highest BCUT2D eigenvalue weighted by molar-refractivity contribution is 9.10. The normalized spacial score (nSPS) is 12.7. The van der Waals surface area contributed by atoms with Gasteiger partial charge in [0.1, 0.15) is 11.8 Å². The molecule has 3 rings (SSSR count). The first kappa shape index (κ1) is 12.3. The predicted molar refractivity (Wildman–Crippen MR) is 77.3 cm³/mol. The van der Waals surface area contributed by atoms with E-state index in [0.29, 0.717) is 4.67 Å². The minimum atomic E-state index is -0.209. The molecule has 0 fully saturated rings. The van der Waals surface area contributed by atoms with Crippen LogP contribution in [0.4, 0.5) is 0 Å². The van der Waals surface area contributed by atoms with Crippen LogP contribution in [0.2, 0.25) is 0 Å². The van der Waals surface area contributed by atoms with Crippen molar-refractivity contribution in [2.75, 3.05) is 0 Å². The Labute approximate surface area is 118 Å². The zero-order valence-corrected chi connectivity index (χ0v) is 11.6. The number of hydrogen-bond acceptors (Lipinski definition) is 4. The SMILES string of the molecule is NNC(c1ccc(Br)o1)c1cccc2ccncc12. The van der Waals surface area contributed by atoms with E-state index in [0.717, 1.165) is 22.1 Å². The van der Waals surface area contributed by atoms with Crippen molar-refractivity contribution in [3.8, 4) is 0 Å². The maximum Gasteiger partial charge on any atom is 0.169 e. The molecule has 0 amide bonds. The number of hydrazine groups is 1. The Morgan fingerprint density at radius 2 is 2.11 bits per heavy atom. The number of fused-ring (bicyclic) bond motifs is 1. The molecule has 19 heavy (non-hydrogen) atoms. The fourth-order valence-corrected chi connectivity index (χ4v) is 2.52. The van der Waals surface area contributed by atoms with Gasteiger partial charge in [-0.3, -0.25) is 10.8 Å². The van der Waals surface area contributed by atoms with Crippen LogP contribution in [-0.2, 0) is 0 Å². The molecule has 0 bridgehead atoms. The van der Waals surface area contributed by atoms with E-state index in [1.165, 1.54) is 0 Å².